The first-order chi connectivity index (χ1) is 16.0. The average Bonchev–Trinajstić information content (AvgIpc) is 2.79. The standard InChI is InChI=1S/C22H22F3N3O5S/c1-16(21(30)28(14-6-12-26)18-8-3-2-4-9-18)33-20(29)11-13-27-34(31,32)19-10-5-7-17(15-19)22(23,24)25/h2-5,7-10,15-16,27H,6,11,13-14H2,1H3. The highest BCUT2D eigenvalue weighted by Gasteiger charge is 2.31. The predicted octanol–water partition coefficient (Wildman–Crippen LogP) is 3.25. The van der Waals surface area contributed by atoms with Crippen LogP contribution in [-0.4, -0.2) is 39.5 Å². The smallest absolute Gasteiger partial charge is 0.416 e. The summed E-state index contributed by atoms with van der Waals surface area (Å²) < 4.78 is 70.1. The van der Waals surface area contributed by atoms with Gasteiger partial charge in [-0.05, 0) is 37.3 Å². The Morgan fingerprint density at radius 3 is 2.44 bits per heavy atom. The lowest BCUT2D eigenvalue weighted by atomic mass is 10.2. The van der Waals surface area contributed by atoms with Crippen LogP contribution >= 0.6 is 0 Å². The maximum Gasteiger partial charge on any atom is 0.416 e. The van der Waals surface area contributed by atoms with E-state index in [1.165, 1.54) is 11.8 Å². The molecule has 0 aliphatic heterocycles. The molecule has 34 heavy (non-hydrogen) atoms. The summed E-state index contributed by atoms with van der Waals surface area (Å²) in [6.45, 7) is 0.975. The molecule has 0 aromatic heterocycles. The van der Waals surface area contributed by atoms with Crippen LogP contribution in [0.5, 0.6) is 0 Å². The van der Waals surface area contributed by atoms with Gasteiger partial charge in [0.2, 0.25) is 10.0 Å². The van der Waals surface area contributed by atoms with Gasteiger partial charge in [-0.1, -0.05) is 24.3 Å². The second kappa shape index (κ2) is 11.6. The highest BCUT2D eigenvalue weighted by molar-refractivity contribution is 7.89. The summed E-state index contributed by atoms with van der Waals surface area (Å²) in [7, 11) is -4.31. The van der Waals surface area contributed by atoms with Crippen molar-refractivity contribution < 1.29 is 35.9 Å². The maximum atomic E-state index is 12.8. The van der Waals surface area contributed by atoms with E-state index in [-0.39, 0.29) is 13.0 Å². The summed E-state index contributed by atoms with van der Waals surface area (Å²) in [4.78, 5) is 25.6. The van der Waals surface area contributed by atoms with E-state index in [4.69, 9.17) is 10.00 Å². The van der Waals surface area contributed by atoms with E-state index in [1.807, 2.05) is 10.8 Å². The molecule has 1 N–H and O–H groups in total. The Hall–Kier alpha value is -3.43. The van der Waals surface area contributed by atoms with Crippen molar-refractivity contribution in [3.05, 3.63) is 60.2 Å². The van der Waals surface area contributed by atoms with Gasteiger partial charge in [0, 0.05) is 18.8 Å². The first kappa shape index (κ1) is 26.8. The van der Waals surface area contributed by atoms with E-state index in [1.54, 1.807) is 30.3 Å². The van der Waals surface area contributed by atoms with E-state index in [0.717, 1.165) is 18.2 Å². The third-order valence-corrected chi connectivity index (χ3v) is 5.99. The molecule has 0 fully saturated rings. The van der Waals surface area contributed by atoms with Crippen molar-refractivity contribution in [2.24, 2.45) is 0 Å². The summed E-state index contributed by atoms with van der Waals surface area (Å²) in [5, 5.41) is 8.84. The number of rotatable bonds is 10. The number of sulfonamides is 1. The fourth-order valence-corrected chi connectivity index (χ4v) is 3.95. The number of nitrogens with one attached hydrogen (secondary N) is 1. The number of hydrogen-bond donors (Lipinski definition) is 1. The zero-order valence-electron chi connectivity index (χ0n) is 18.1. The maximum absolute atomic E-state index is 12.8. The highest BCUT2D eigenvalue weighted by atomic mass is 32.2. The molecule has 1 amide bonds. The molecule has 2 rings (SSSR count). The number of alkyl halides is 3. The van der Waals surface area contributed by atoms with E-state index in [0.29, 0.717) is 11.8 Å². The Kier molecular flexibility index (Phi) is 9.17. The summed E-state index contributed by atoms with van der Waals surface area (Å²) in [5.74, 6) is -1.46. The van der Waals surface area contributed by atoms with Gasteiger partial charge in [-0.2, -0.15) is 18.4 Å². The lowest BCUT2D eigenvalue weighted by molar-refractivity contribution is -0.153. The molecular formula is C22H22F3N3O5S. The number of hydrogen-bond acceptors (Lipinski definition) is 6. The van der Waals surface area contributed by atoms with Crippen molar-refractivity contribution in [2.45, 2.75) is 36.9 Å². The van der Waals surface area contributed by atoms with Crippen molar-refractivity contribution in [2.75, 3.05) is 18.0 Å². The lowest BCUT2D eigenvalue weighted by Gasteiger charge is -2.25. The molecule has 0 heterocycles. The molecular weight excluding hydrogens is 475 g/mol. The first-order valence-corrected chi connectivity index (χ1v) is 11.5. The first-order valence-electron chi connectivity index (χ1n) is 10.1. The van der Waals surface area contributed by atoms with Gasteiger partial charge in [-0.25, -0.2) is 13.1 Å². The van der Waals surface area contributed by atoms with Gasteiger partial charge in [0.1, 0.15) is 0 Å². The van der Waals surface area contributed by atoms with E-state index < -0.39 is 57.6 Å². The summed E-state index contributed by atoms with van der Waals surface area (Å²) in [6, 6.07) is 13.6. The van der Waals surface area contributed by atoms with Crippen molar-refractivity contribution in [1.82, 2.24) is 4.72 Å². The van der Waals surface area contributed by atoms with Crippen molar-refractivity contribution >= 4 is 27.6 Å². The predicted molar refractivity (Wildman–Crippen MR) is 116 cm³/mol. The second-order valence-corrected chi connectivity index (χ2v) is 8.81. The van der Waals surface area contributed by atoms with E-state index >= 15 is 0 Å². The molecule has 2 aromatic carbocycles. The lowest BCUT2D eigenvalue weighted by Crippen LogP contribution is -2.41. The topological polar surface area (TPSA) is 117 Å². The van der Waals surface area contributed by atoms with E-state index in [9.17, 15) is 31.2 Å². The molecule has 182 valence electrons. The van der Waals surface area contributed by atoms with Gasteiger partial charge in [0.15, 0.2) is 6.10 Å². The molecule has 0 saturated heterocycles. The molecule has 1 unspecified atom stereocenters. The number of benzene rings is 2. The van der Waals surface area contributed by atoms with Crippen LogP contribution in [0.25, 0.3) is 0 Å². The highest BCUT2D eigenvalue weighted by Crippen LogP contribution is 2.30. The quantitative estimate of drug-likeness (QED) is 0.504. The largest absolute Gasteiger partial charge is 0.452 e. The fourth-order valence-electron chi connectivity index (χ4n) is 2.87. The minimum atomic E-state index is -4.71. The fraction of sp³-hybridized carbons (Fsp3) is 0.318. The summed E-state index contributed by atoms with van der Waals surface area (Å²) >= 11 is 0. The minimum absolute atomic E-state index is 0.0542. The third-order valence-electron chi connectivity index (χ3n) is 4.53. The van der Waals surface area contributed by atoms with Crippen LogP contribution in [-0.2, 0) is 30.5 Å². The zero-order valence-corrected chi connectivity index (χ0v) is 18.9. The number of ether oxygens (including phenoxy) is 1. The molecule has 0 spiro atoms. The molecule has 0 saturated carbocycles. The van der Waals surface area contributed by atoms with Gasteiger partial charge < -0.3 is 9.64 Å². The summed E-state index contributed by atoms with van der Waals surface area (Å²) in [6.07, 6.45) is -6.33. The number of nitriles is 1. The van der Waals surface area contributed by atoms with Gasteiger partial charge >= 0.3 is 12.1 Å². The average molecular weight is 497 g/mol. The Balaban J connectivity index is 1.95. The molecule has 0 aliphatic rings. The van der Waals surface area contributed by atoms with Crippen LogP contribution in [0, 0.1) is 11.3 Å². The van der Waals surface area contributed by atoms with E-state index in [2.05, 4.69) is 0 Å². The number of para-hydroxylation sites is 1. The number of carbonyl (C=O) groups excluding carboxylic acids is 2. The number of nitrogens with zero attached hydrogens (tertiary/aromatic N) is 2. The van der Waals surface area contributed by atoms with Gasteiger partial charge in [0.05, 0.1) is 29.4 Å². The summed E-state index contributed by atoms with van der Waals surface area (Å²) in [5.41, 5.74) is -0.610. The van der Waals surface area contributed by atoms with Crippen LogP contribution in [0.15, 0.2) is 59.5 Å². The molecule has 8 nitrogen and oxygen atoms in total. The van der Waals surface area contributed by atoms with Crippen LogP contribution < -0.4 is 9.62 Å². The normalized spacial score (nSPS) is 12.4. The Labute approximate surface area is 195 Å². The van der Waals surface area contributed by atoms with Gasteiger partial charge in [-0.3, -0.25) is 9.59 Å². The number of amides is 1. The zero-order chi connectivity index (χ0) is 25.4. The Morgan fingerprint density at radius 2 is 1.82 bits per heavy atom. The molecule has 12 heteroatoms. The minimum Gasteiger partial charge on any atom is -0.452 e. The molecule has 0 aliphatic carbocycles. The van der Waals surface area contributed by atoms with Crippen molar-refractivity contribution in [1.29, 1.82) is 5.26 Å². The molecule has 1 atom stereocenters. The SMILES string of the molecule is CC(OC(=O)CCNS(=O)(=O)c1cccc(C(F)(F)F)c1)C(=O)N(CCC#N)c1ccccc1. The molecule has 2 aromatic rings. The van der Waals surface area contributed by atoms with Crippen LogP contribution in [0.3, 0.4) is 0 Å². The monoisotopic (exact) mass is 497 g/mol. The Bertz CT molecular complexity index is 1150. The van der Waals surface area contributed by atoms with Crippen LogP contribution in [0.4, 0.5) is 18.9 Å². The number of carbonyl (C=O) groups is 2. The van der Waals surface area contributed by atoms with Crippen LogP contribution in [0.1, 0.15) is 25.3 Å². The van der Waals surface area contributed by atoms with Crippen molar-refractivity contribution in [3.63, 3.8) is 0 Å². The van der Waals surface area contributed by atoms with Crippen LogP contribution in [0.2, 0.25) is 0 Å². The Morgan fingerprint density at radius 1 is 1.15 bits per heavy atom. The molecule has 0 bridgehead atoms. The number of halogens is 3. The second-order valence-electron chi connectivity index (χ2n) is 7.04. The number of esters is 1. The van der Waals surface area contributed by atoms with Gasteiger partial charge in [0.25, 0.3) is 5.91 Å². The van der Waals surface area contributed by atoms with Gasteiger partial charge in [-0.15, -0.1) is 0 Å². The van der Waals surface area contributed by atoms with Crippen molar-refractivity contribution in [3.8, 4) is 6.07 Å². The molecule has 0 radical (unpaired) electrons. The third kappa shape index (κ3) is 7.57. The number of anilines is 1.